The van der Waals surface area contributed by atoms with Crippen molar-refractivity contribution in [3.8, 4) is 0 Å². The number of hydrogen-bond donors (Lipinski definition) is 1. The van der Waals surface area contributed by atoms with Gasteiger partial charge in [-0.25, -0.2) is 9.18 Å². The van der Waals surface area contributed by atoms with E-state index in [1.165, 1.54) is 24.4 Å². The number of carbonyl (C=O) groups is 1. The molecule has 0 aliphatic heterocycles. The number of fused-ring (bicyclic) bond motifs is 1. The summed E-state index contributed by atoms with van der Waals surface area (Å²) in [5.74, 6) is -1.14. The molecular weight excluding hydrogens is 251 g/mol. The van der Waals surface area contributed by atoms with Gasteiger partial charge in [-0.15, -0.1) is 0 Å². The first-order valence-electron chi connectivity index (χ1n) is 5.49. The van der Waals surface area contributed by atoms with Gasteiger partial charge in [0, 0.05) is 17.6 Å². The van der Waals surface area contributed by atoms with Crippen LogP contribution in [0.5, 0.6) is 0 Å². The van der Waals surface area contributed by atoms with Gasteiger partial charge in [0.2, 0.25) is 4.91 Å². The number of hydrogen-bond acceptors (Lipinski definition) is 5. The molecule has 1 aromatic carbocycles. The number of esters is 1. The first-order valence-corrected chi connectivity index (χ1v) is 5.49. The van der Waals surface area contributed by atoms with E-state index >= 15 is 0 Å². The number of aromatic nitrogens is 1. The van der Waals surface area contributed by atoms with E-state index in [1.807, 2.05) is 0 Å². The molecule has 0 atom stereocenters. The van der Waals surface area contributed by atoms with Crippen molar-refractivity contribution in [1.82, 2.24) is 9.90 Å². The summed E-state index contributed by atoms with van der Waals surface area (Å²) in [7, 11) is 0. The van der Waals surface area contributed by atoms with Crippen LogP contribution in [0.4, 0.5) is 10.1 Å². The first kappa shape index (κ1) is 12.8. The standard InChI is InChI=1S/C12H10FN4O2/c1-2-19-12(18)8-3-7-4-9(13)11(16-17-14)5-10(7)15-6-8/h3-6,14H,2H2,1H3/q+1. The Bertz CT molecular complexity index is 695. The lowest BCUT2D eigenvalue weighted by Crippen LogP contribution is -2.05. The van der Waals surface area contributed by atoms with E-state index in [9.17, 15) is 9.18 Å². The zero-order chi connectivity index (χ0) is 13.8. The molecule has 0 spiro atoms. The summed E-state index contributed by atoms with van der Waals surface area (Å²) in [6, 6.07) is 4.04. The molecule has 2 aromatic rings. The van der Waals surface area contributed by atoms with E-state index in [0.29, 0.717) is 10.9 Å². The Hall–Kier alpha value is -2.66. The molecule has 1 heterocycles. The number of carbonyl (C=O) groups excluding carboxylic acids is 1. The SMILES string of the molecule is CCOC(=O)c1cnc2cc(N=[N+]=N)c(F)cc2c1. The highest BCUT2D eigenvalue weighted by Crippen LogP contribution is 2.24. The van der Waals surface area contributed by atoms with Gasteiger partial charge in [-0.2, -0.15) is 0 Å². The molecule has 96 valence electrons. The molecule has 0 radical (unpaired) electrons. The second-order valence-corrected chi connectivity index (χ2v) is 3.64. The summed E-state index contributed by atoms with van der Waals surface area (Å²) in [6.45, 7) is 1.96. The van der Waals surface area contributed by atoms with E-state index in [4.69, 9.17) is 10.3 Å². The molecule has 0 saturated heterocycles. The van der Waals surface area contributed by atoms with Crippen LogP contribution in [0, 0.1) is 11.3 Å². The smallest absolute Gasteiger partial charge is 0.339 e. The summed E-state index contributed by atoms with van der Waals surface area (Å²) >= 11 is 0. The molecule has 6 nitrogen and oxygen atoms in total. The fourth-order valence-electron chi connectivity index (χ4n) is 1.59. The minimum absolute atomic E-state index is 0.0705. The number of ether oxygens (including phenoxy) is 1. The Balaban J connectivity index is 2.52. The van der Waals surface area contributed by atoms with Gasteiger partial charge in [0.1, 0.15) is 5.53 Å². The largest absolute Gasteiger partial charge is 0.462 e. The molecular formula is C12H10FN4O2+. The molecule has 0 unspecified atom stereocenters. The first-order chi connectivity index (χ1) is 9.15. The molecule has 0 amide bonds. The normalized spacial score (nSPS) is 10.0. The van der Waals surface area contributed by atoms with Crippen molar-refractivity contribution < 1.29 is 13.9 Å². The van der Waals surface area contributed by atoms with Crippen LogP contribution < -0.4 is 4.91 Å². The fraction of sp³-hybridized carbons (Fsp3) is 0.167. The summed E-state index contributed by atoms with van der Waals surface area (Å²) in [4.78, 5) is 18.3. The fourth-order valence-corrected chi connectivity index (χ4v) is 1.59. The highest BCUT2D eigenvalue weighted by molar-refractivity contribution is 5.94. The van der Waals surface area contributed by atoms with Crippen molar-refractivity contribution in [2.75, 3.05) is 6.61 Å². The van der Waals surface area contributed by atoms with Crippen molar-refractivity contribution in [3.05, 3.63) is 35.8 Å². The highest BCUT2D eigenvalue weighted by atomic mass is 19.1. The summed E-state index contributed by atoms with van der Waals surface area (Å²) in [6.07, 6.45) is 1.35. The average Bonchev–Trinajstić information content (AvgIpc) is 2.39. The predicted molar refractivity (Wildman–Crippen MR) is 64.6 cm³/mol. The molecule has 19 heavy (non-hydrogen) atoms. The summed E-state index contributed by atoms with van der Waals surface area (Å²) < 4.78 is 18.4. The molecule has 0 fully saturated rings. The second kappa shape index (κ2) is 5.32. The van der Waals surface area contributed by atoms with Crippen LogP contribution in [-0.2, 0) is 4.74 Å². The lowest BCUT2D eigenvalue weighted by molar-refractivity contribution is 0.0526. The van der Waals surface area contributed by atoms with Crippen LogP contribution in [0.25, 0.3) is 10.9 Å². The molecule has 7 heteroatoms. The Kier molecular flexibility index (Phi) is 3.58. The molecule has 1 aromatic heterocycles. The van der Waals surface area contributed by atoms with E-state index in [2.05, 4.69) is 15.0 Å². The number of nitrogens with one attached hydrogen (secondary N) is 1. The van der Waals surface area contributed by atoms with Crippen LogP contribution in [0.1, 0.15) is 17.3 Å². The third kappa shape index (κ3) is 2.61. The third-order valence-electron chi connectivity index (χ3n) is 2.42. The quantitative estimate of drug-likeness (QED) is 0.523. The lowest BCUT2D eigenvalue weighted by Gasteiger charge is -2.03. The van der Waals surface area contributed by atoms with Crippen molar-refractivity contribution in [2.45, 2.75) is 6.92 Å². The maximum Gasteiger partial charge on any atom is 0.339 e. The highest BCUT2D eigenvalue weighted by Gasteiger charge is 2.12. The van der Waals surface area contributed by atoms with Crippen LogP contribution in [-0.4, -0.2) is 17.6 Å². The number of benzene rings is 1. The summed E-state index contributed by atoms with van der Waals surface area (Å²) in [5, 5.41) is 3.78. The molecule has 2 rings (SSSR count). The van der Waals surface area contributed by atoms with Gasteiger partial charge in [-0.1, -0.05) is 0 Å². The maximum atomic E-state index is 13.6. The Labute approximate surface area is 107 Å². The Morgan fingerprint density at radius 1 is 1.53 bits per heavy atom. The van der Waals surface area contributed by atoms with Gasteiger partial charge >= 0.3 is 5.97 Å². The Morgan fingerprint density at radius 2 is 2.32 bits per heavy atom. The molecule has 0 bridgehead atoms. The second-order valence-electron chi connectivity index (χ2n) is 3.64. The zero-order valence-corrected chi connectivity index (χ0v) is 10.1. The number of pyridine rings is 1. The topological polar surface area (TPSA) is 89.5 Å². The van der Waals surface area contributed by atoms with Crippen LogP contribution in [0.2, 0.25) is 0 Å². The van der Waals surface area contributed by atoms with E-state index < -0.39 is 11.8 Å². The van der Waals surface area contributed by atoms with Crippen LogP contribution in [0.3, 0.4) is 0 Å². The number of halogens is 1. The Morgan fingerprint density at radius 3 is 3.00 bits per heavy atom. The maximum absolute atomic E-state index is 13.6. The van der Waals surface area contributed by atoms with Gasteiger partial charge in [0.25, 0.3) is 0 Å². The van der Waals surface area contributed by atoms with Gasteiger partial charge in [-0.05, 0) is 19.1 Å². The number of rotatable bonds is 3. The van der Waals surface area contributed by atoms with Gasteiger partial charge < -0.3 is 4.74 Å². The van der Waals surface area contributed by atoms with Crippen molar-refractivity contribution in [3.63, 3.8) is 0 Å². The van der Waals surface area contributed by atoms with Gasteiger partial charge in [-0.3, -0.25) is 4.98 Å². The predicted octanol–water partition coefficient (Wildman–Crippen LogP) is 2.73. The number of nitrogens with zero attached hydrogens (tertiary/aromatic N) is 3. The third-order valence-corrected chi connectivity index (χ3v) is 2.42. The van der Waals surface area contributed by atoms with E-state index in [0.717, 1.165) is 0 Å². The van der Waals surface area contributed by atoms with E-state index in [-0.39, 0.29) is 17.9 Å². The average molecular weight is 261 g/mol. The molecule has 0 aliphatic carbocycles. The molecule has 1 N–H and O–H groups in total. The minimum Gasteiger partial charge on any atom is -0.462 e. The van der Waals surface area contributed by atoms with Gasteiger partial charge in [0.05, 0.1) is 17.7 Å². The van der Waals surface area contributed by atoms with Crippen molar-refractivity contribution >= 4 is 22.6 Å². The van der Waals surface area contributed by atoms with E-state index in [1.54, 1.807) is 6.92 Å². The van der Waals surface area contributed by atoms with Crippen LogP contribution >= 0.6 is 0 Å². The zero-order valence-electron chi connectivity index (χ0n) is 10.1. The summed E-state index contributed by atoms with van der Waals surface area (Å²) in [5.41, 5.74) is 7.23. The van der Waals surface area contributed by atoms with Crippen LogP contribution in [0.15, 0.2) is 29.5 Å². The monoisotopic (exact) mass is 261 g/mol. The van der Waals surface area contributed by atoms with Crippen molar-refractivity contribution in [1.29, 1.82) is 5.53 Å². The van der Waals surface area contributed by atoms with Crippen molar-refractivity contribution in [2.24, 2.45) is 5.11 Å². The minimum atomic E-state index is -0.633. The molecule has 0 saturated carbocycles. The van der Waals surface area contributed by atoms with Gasteiger partial charge in [0.15, 0.2) is 16.6 Å². The molecule has 0 aliphatic rings. The lowest BCUT2D eigenvalue weighted by atomic mass is 10.1.